The predicted octanol–water partition coefficient (Wildman–Crippen LogP) is 2.54. The number of sulfonamides is 1. The van der Waals surface area contributed by atoms with E-state index in [1.807, 2.05) is 0 Å². The number of hydrogen-bond donors (Lipinski definition) is 1. The molecule has 0 radical (unpaired) electrons. The summed E-state index contributed by atoms with van der Waals surface area (Å²) in [6, 6.07) is 7.13. The summed E-state index contributed by atoms with van der Waals surface area (Å²) in [4.78, 5) is 12.3. The highest BCUT2D eigenvalue weighted by molar-refractivity contribution is 7.93. The Kier molecular flexibility index (Phi) is 4.62. The number of carbonyl (C=O) groups is 1. The maximum Gasteiger partial charge on any atom is 0.251 e. The quantitative estimate of drug-likeness (QED) is 0.922. The molecule has 0 aromatic heterocycles. The molecule has 2 unspecified atom stereocenters. The van der Waals surface area contributed by atoms with Gasteiger partial charge in [0.2, 0.25) is 10.0 Å². The average molecular weight is 336 g/mol. The molecule has 2 atom stereocenters. The van der Waals surface area contributed by atoms with E-state index in [1.165, 1.54) is 10.7 Å². The average Bonchev–Trinajstić information content (AvgIpc) is 2.87. The van der Waals surface area contributed by atoms with E-state index in [0.717, 1.165) is 19.3 Å². The first kappa shape index (κ1) is 16.3. The van der Waals surface area contributed by atoms with Crippen molar-refractivity contribution in [2.75, 3.05) is 16.6 Å². The molecule has 6 heteroatoms. The van der Waals surface area contributed by atoms with Gasteiger partial charge < -0.3 is 5.32 Å². The molecule has 1 heterocycles. The lowest BCUT2D eigenvalue weighted by Crippen LogP contribution is -2.38. The molecule has 1 aliphatic heterocycles. The molecule has 126 valence electrons. The molecule has 2 fully saturated rings. The van der Waals surface area contributed by atoms with Gasteiger partial charge >= 0.3 is 0 Å². The molecule has 1 aromatic rings. The molecule has 1 aliphatic carbocycles. The maximum atomic E-state index is 12.3. The van der Waals surface area contributed by atoms with E-state index in [4.69, 9.17) is 0 Å². The summed E-state index contributed by atoms with van der Waals surface area (Å²) in [5.41, 5.74) is 1.23. The van der Waals surface area contributed by atoms with Crippen molar-refractivity contribution in [3.05, 3.63) is 29.8 Å². The fourth-order valence-corrected chi connectivity index (χ4v) is 5.11. The first-order valence-corrected chi connectivity index (χ1v) is 9.98. The third-order valence-electron chi connectivity index (χ3n) is 4.79. The largest absolute Gasteiger partial charge is 0.349 e. The van der Waals surface area contributed by atoms with Crippen molar-refractivity contribution in [3.8, 4) is 0 Å². The summed E-state index contributed by atoms with van der Waals surface area (Å²) >= 11 is 0. The van der Waals surface area contributed by atoms with Gasteiger partial charge in [-0.15, -0.1) is 0 Å². The number of anilines is 1. The predicted molar refractivity (Wildman–Crippen MR) is 91.1 cm³/mol. The van der Waals surface area contributed by atoms with Crippen LogP contribution in [0.25, 0.3) is 0 Å². The van der Waals surface area contributed by atoms with E-state index >= 15 is 0 Å². The maximum absolute atomic E-state index is 12.3. The molecule has 1 amide bonds. The monoisotopic (exact) mass is 336 g/mol. The Morgan fingerprint density at radius 1 is 1.17 bits per heavy atom. The molecular formula is C17H24N2O3S. The second kappa shape index (κ2) is 6.51. The molecule has 3 rings (SSSR count). The highest BCUT2D eigenvalue weighted by Gasteiger charge is 2.28. The molecule has 1 saturated heterocycles. The fourth-order valence-electron chi connectivity index (χ4n) is 3.54. The minimum absolute atomic E-state index is 0.0695. The Morgan fingerprint density at radius 3 is 2.52 bits per heavy atom. The SMILES string of the molecule is CC1CCCC(NC(=O)c2ccc(N3CCCS3(=O)=O)cc2)C1. The van der Waals surface area contributed by atoms with E-state index in [2.05, 4.69) is 12.2 Å². The van der Waals surface area contributed by atoms with Gasteiger partial charge in [0.15, 0.2) is 0 Å². The summed E-state index contributed by atoms with van der Waals surface area (Å²) in [6.07, 6.45) is 5.14. The number of nitrogens with zero attached hydrogens (tertiary/aromatic N) is 1. The van der Waals surface area contributed by atoms with Gasteiger partial charge in [-0.25, -0.2) is 8.42 Å². The van der Waals surface area contributed by atoms with Crippen LogP contribution >= 0.6 is 0 Å². The van der Waals surface area contributed by atoms with E-state index in [0.29, 0.717) is 30.1 Å². The standard InChI is InChI=1S/C17H24N2O3S/c1-13-4-2-5-15(12-13)18-17(20)14-6-8-16(9-7-14)19-10-3-11-23(19,21)22/h6-9,13,15H,2-5,10-12H2,1H3,(H,18,20). The van der Waals surface area contributed by atoms with Crippen molar-refractivity contribution in [1.82, 2.24) is 5.32 Å². The van der Waals surface area contributed by atoms with Gasteiger partial charge in [0.1, 0.15) is 0 Å². The van der Waals surface area contributed by atoms with Crippen molar-refractivity contribution >= 4 is 21.6 Å². The lowest BCUT2D eigenvalue weighted by molar-refractivity contribution is 0.0921. The number of rotatable bonds is 3. The van der Waals surface area contributed by atoms with Crippen LogP contribution in [0.15, 0.2) is 24.3 Å². The number of hydrogen-bond acceptors (Lipinski definition) is 3. The number of carbonyl (C=O) groups excluding carboxylic acids is 1. The number of benzene rings is 1. The summed E-state index contributed by atoms with van der Waals surface area (Å²) in [7, 11) is -3.17. The topological polar surface area (TPSA) is 66.5 Å². The van der Waals surface area contributed by atoms with Crippen LogP contribution in [0.5, 0.6) is 0 Å². The van der Waals surface area contributed by atoms with Gasteiger partial charge in [0.05, 0.1) is 11.4 Å². The Bertz CT molecular complexity index is 670. The van der Waals surface area contributed by atoms with Gasteiger partial charge in [0.25, 0.3) is 5.91 Å². The van der Waals surface area contributed by atoms with E-state index in [9.17, 15) is 13.2 Å². The Hall–Kier alpha value is -1.56. The van der Waals surface area contributed by atoms with Crippen molar-refractivity contribution in [3.63, 3.8) is 0 Å². The first-order chi connectivity index (χ1) is 11.0. The minimum Gasteiger partial charge on any atom is -0.349 e. The minimum atomic E-state index is -3.17. The van der Waals surface area contributed by atoms with E-state index < -0.39 is 10.0 Å². The van der Waals surface area contributed by atoms with Crippen LogP contribution in [0, 0.1) is 5.92 Å². The van der Waals surface area contributed by atoms with Gasteiger partial charge in [-0.3, -0.25) is 9.10 Å². The summed E-state index contributed by atoms with van der Waals surface area (Å²) in [5.74, 6) is 0.798. The number of nitrogens with one attached hydrogen (secondary N) is 1. The van der Waals surface area contributed by atoms with Gasteiger partial charge in [0, 0.05) is 18.2 Å². The van der Waals surface area contributed by atoms with Crippen LogP contribution in [-0.4, -0.2) is 32.7 Å². The van der Waals surface area contributed by atoms with Crippen LogP contribution in [0.4, 0.5) is 5.69 Å². The zero-order valence-electron chi connectivity index (χ0n) is 13.5. The highest BCUT2D eigenvalue weighted by Crippen LogP contribution is 2.25. The first-order valence-electron chi connectivity index (χ1n) is 8.37. The zero-order valence-corrected chi connectivity index (χ0v) is 14.3. The molecular weight excluding hydrogens is 312 g/mol. The molecule has 2 aliphatic rings. The molecule has 0 bridgehead atoms. The fraction of sp³-hybridized carbons (Fsp3) is 0.588. The van der Waals surface area contributed by atoms with Crippen LogP contribution in [-0.2, 0) is 10.0 Å². The molecule has 23 heavy (non-hydrogen) atoms. The van der Waals surface area contributed by atoms with E-state index in [-0.39, 0.29) is 17.7 Å². The van der Waals surface area contributed by atoms with Crippen LogP contribution in [0.2, 0.25) is 0 Å². The summed E-state index contributed by atoms with van der Waals surface area (Å²) < 4.78 is 25.3. The normalized spacial score (nSPS) is 26.9. The Balaban J connectivity index is 1.66. The second-order valence-corrected chi connectivity index (χ2v) is 8.74. The van der Waals surface area contributed by atoms with Gasteiger partial charge in [-0.1, -0.05) is 19.8 Å². The van der Waals surface area contributed by atoms with Crippen LogP contribution in [0.3, 0.4) is 0 Å². The third-order valence-corrected chi connectivity index (χ3v) is 6.66. The van der Waals surface area contributed by atoms with Crippen molar-refractivity contribution in [2.24, 2.45) is 5.92 Å². The van der Waals surface area contributed by atoms with Gasteiger partial charge in [-0.05, 0) is 49.4 Å². The van der Waals surface area contributed by atoms with Crippen molar-refractivity contribution < 1.29 is 13.2 Å². The summed E-state index contributed by atoms with van der Waals surface area (Å²) in [5, 5.41) is 3.10. The van der Waals surface area contributed by atoms with Crippen molar-refractivity contribution in [2.45, 2.75) is 45.1 Å². The van der Waals surface area contributed by atoms with Crippen LogP contribution < -0.4 is 9.62 Å². The van der Waals surface area contributed by atoms with Crippen molar-refractivity contribution in [1.29, 1.82) is 0 Å². The molecule has 5 nitrogen and oxygen atoms in total. The second-order valence-electron chi connectivity index (χ2n) is 6.73. The molecule has 0 spiro atoms. The Labute approximate surface area is 138 Å². The Morgan fingerprint density at radius 2 is 1.91 bits per heavy atom. The van der Waals surface area contributed by atoms with Gasteiger partial charge in [-0.2, -0.15) is 0 Å². The molecule has 1 N–H and O–H groups in total. The smallest absolute Gasteiger partial charge is 0.251 e. The lowest BCUT2D eigenvalue weighted by atomic mass is 9.87. The lowest BCUT2D eigenvalue weighted by Gasteiger charge is -2.27. The molecule has 1 aromatic carbocycles. The molecule has 1 saturated carbocycles. The number of amides is 1. The van der Waals surface area contributed by atoms with E-state index in [1.54, 1.807) is 24.3 Å². The summed E-state index contributed by atoms with van der Waals surface area (Å²) in [6.45, 7) is 2.75. The zero-order chi connectivity index (χ0) is 16.4. The third kappa shape index (κ3) is 3.68. The van der Waals surface area contributed by atoms with Crippen LogP contribution in [0.1, 0.15) is 49.4 Å². The highest BCUT2D eigenvalue weighted by atomic mass is 32.2.